The molecule has 0 radical (unpaired) electrons. The van der Waals surface area contributed by atoms with E-state index in [9.17, 15) is 4.79 Å². The van der Waals surface area contributed by atoms with E-state index in [0.717, 1.165) is 25.6 Å². The molecule has 0 atom stereocenters. The van der Waals surface area contributed by atoms with E-state index >= 15 is 0 Å². The summed E-state index contributed by atoms with van der Waals surface area (Å²) in [6, 6.07) is 0.773. The average molecular weight is 238 g/mol. The van der Waals surface area contributed by atoms with Crippen LogP contribution in [0.3, 0.4) is 0 Å². The molecule has 1 aliphatic carbocycles. The molecule has 0 unspecified atom stereocenters. The summed E-state index contributed by atoms with van der Waals surface area (Å²) >= 11 is 0. The highest BCUT2D eigenvalue weighted by Crippen LogP contribution is 2.21. The van der Waals surface area contributed by atoms with Gasteiger partial charge in [-0.05, 0) is 45.9 Å². The van der Waals surface area contributed by atoms with Gasteiger partial charge >= 0.3 is 0 Å². The number of allylic oxidation sites excluding steroid dienone is 1. The number of carbonyl (C=O) groups excluding carboxylic acids is 1. The van der Waals surface area contributed by atoms with Crippen molar-refractivity contribution in [2.45, 2.75) is 51.5 Å². The van der Waals surface area contributed by atoms with Crippen molar-refractivity contribution in [2.24, 2.45) is 0 Å². The Morgan fingerprint density at radius 3 is 2.71 bits per heavy atom. The van der Waals surface area contributed by atoms with Crippen LogP contribution in [0, 0.1) is 0 Å². The van der Waals surface area contributed by atoms with E-state index in [2.05, 4.69) is 17.3 Å². The maximum absolute atomic E-state index is 11.2. The zero-order valence-electron chi connectivity index (χ0n) is 11.2. The second kappa shape index (κ2) is 8.29. The number of hydrogen-bond donors (Lipinski definition) is 1. The van der Waals surface area contributed by atoms with E-state index in [1.165, 1.54) is 32.1 Å². The summed E-state index contributed by atoms with van der Waals surface area (Å²) in [6.45, 7) is 3.72. The van der Waals surface area contributed by atoms with Crippen LogP contribution < -0.4 is 5.32 Å². The maximum Gasteiger partial charge on any atom is 0.243 e. The highest BCUT2D eigenvalue weighted by Gasteiger charge is 2.17. The van der Waals surface area contributed by atoms with E-state index < -0.39 is 0 Å². The van der Waals surface area contributed by atoms with Gasteiger partial charge in [0.2, 0.25) is 5.91 Å². The van der Waals surface area contributed by atoms with Crippen LogP contribution in [0.1, 0.15) is 45.4 Å². The first-order valence-corrected chi connectivity index (χ1v) is 6.85. The lowest BCUT2D eigenvalue weighted by Gasteiger charge is -2.31. The van der Waals surface area contributed by atoms with Gasteiger partial charge in [0, 0.05) is 12.6 Å². The Bertz CT molecular complexity index is 245. The lowest BCUT2D eigenvalue weighted by Crippen LogP contribution is -2.35. The van der Waals surface area contributed by atoms with Gasteiger partial charge in [-0.15, -0.1) is 0 Å². The van der Waals surface area contributed by atoms with E-state index in [-0.39, 0.29) is 5.91 Å². The van der Waals surface area contributed by atoms with Gasteiger partial charge < -0.3 is 10.2 Å². The van der Waals surface area contributed by atoms with Gasteiger partial charge in [-0.1, -0.05) is 25.3 Å². The predicted octanol–water partition coefficient (Wildman–Crippen LogP) is 2.33. The first kappa shape index (κ1) is 14.2. The topological polar surface area (TPSA) is 32.3 Å². The minimum atomic E-state index is 0.0211. The van der Waals surface area contributed by atoms with Crippen molar-refractivity contribution in [1.82, 2.24) is 10.2 Å². The van der Waals surface area contributed by atoms with Crippen LogP contribution in [-0.2, 0) is 4.79 Å². The SMILES string of the molecule is CC=CC(=O)NCCCN(C)C1CCCCC1. The van der Waals surface area contributed by atoms with Crippen LogP contribution in [0.2, 0.25) is 0 Å². The Morgan fingerprint density at radius 1 is 1.35 bits per heavy atom. The quantitative estimate of drug-likeness (QED) is 0.569. The van der Waals surface area contributed by atoms with E-state index in [1.807, 2.05) is 6.92 Å². The minimum absolute atomic E-state index is 0.0211. The van der Waals surface area contributed by atoms with Crippen molar-refractivity contribution in [2.75, 3.05) is 20.1 Å². The van der Waals surface area contributed by atoms with E-state index in [1.54, 1.807) is 12.2 Å². The number of rotatable bonds is 6. The van der Waals surface area contributed by atoms with Gasteiger partial charge in [0.25, 0.3) is 0 Å². The van der Waals surface area contributed by atoms with E-state index in [0.29, 0.717) is 0 Å². The van der Waals surface area contributed by atoms with Crippen molar-refractivity contribution < 1.29 is 4.79 Å². The number of nitrogens with one attached hydrogen (secondary N) is 1. The molecule has 3 heteroatoms. The molecule has 0 aromatic heterocycles. The maximum atomic E-state index is 11.2. The molecule has 0 bridgehead atoms. The second-order valence-corrected chi connectivity index (χ2v) is 4.92. The van der Waals surface area contributed by atoms with Gasteiger partial charge in [-0.25, -0.2) is 0 Å². The summed E-state index contributed by atoms with van der Waals surface area (Å²) in [7, 11) is 2.21. The van der Waals surface area contributed by atoms with Crippen molar-refractivity contribution >= 4 is 5.91 Å². The lowest BCUT2D eigenvalue weighted by molar-refractivity contribution is -0.116. The molecular weight excluding hydrogens is 212 g/mol. The summed E-state index contributed by atoms with van der Waals surface area (Å²) < 4.78 is 0. The zero-order chi connectivity index (χ0) is 12.5. The molecule has 1 amide bonds. The lowest BCUT2D eigenvalue weighted by atomic mass is 9.94. The number of amides is 1. The highest BCUT2D eigenvalue weighted by molar-refractivity contribution is 5.87. The van der Waals surface area contributed by atoms with Crippen molar-refractivity contribution in [1.29, 1.82) is 0 Å². The average Bonchev–Trinajstić information content (AvgIpc) is 2.36. The Hall–Kier alpha value is -0.830. The summed E-state index contributed by atoms with van der Waals surface area (Å²) in [5, 5.41) is 2.89. The van der Waals surface area contributed by atoms with Crippen LogP contribution in [0.15, 0.2) is 12.2 Å². The van der Waals surface area contributed by atoms with Crippen molar-refractivity contribution in [3.8, 4) is 0 Å². The summed E-state index contributed by atoms with van der Waals surface area (Å²) in [6.07, 6.45) is 11.2. The van der Waals surface area contributed by atoms with Crippen LogP contribution in [0.25, 0.3) is 0 Å². The van der Waals surface area contributed by atoms with Gasteiger partial charge in [0.1, 0.15) is 0 Å². The molecule has 98 valence electrons. The normalized spacial score (nSPS) is 17.8. The molecule has 1 rings (SSSR count). The monoisotopic (exact) mass is 238 g/mol. The molecule has 0 spiro atoms. The third-order valence-electron chi connectivity index (χ3n) is 3.50. The third-order valence-corrected chi connectivity index (χ3v) is 3.50. The molecule has 0 aromatic carbocycles. The molecule has 17 heavy (non-hydrogen) atoms. The Labute approximate surface area is 105 Å². The Balaban J connectivity index is 2.07. The molecule has 1 saturated carbocycles. The van der Waals surface area contributed by atoms with Gasteiger partial charge in [0.05, 0.1) is 0 Å². The predicted molar refractivity (Wildman–Crippen MR) is 71.9 cm³/mol. The molecule has 1 fully saturated rings. The number of carbonyl (C=O) groups is 1. The molecule has 1 N–H and O–H groups in total. The van der Waals surface area contributed by atoms with Crippen LogP contribution in [0.5, 0.6) is 0 Å². The van der Waals surface area contributed by atoms with Gasteiger partial charge in [-0.3, -0.25) is 4.79 Å². The number of nitrogens with zero attached hydrogens (tertiary/aromatic N) is 1. The Morgan fingerprint density at radius 2 is 2.06 bits per heavy atom. The molecule has 0 saturated heterocycles. The van der Waals surface area contributed by atoms with Crippen molar-refractivity contribution in [3.63, 3.8) is 0 Å². The second-order valence-electron chi connectivity index (χ2n) is 4.92. The molecule has 0 aromatic rings. The summed E-state index contributed by atoms with van der Waals surface area (Å²) in [4.78, 5) is 13.6. The summed E-state index contributed by atoms with van der Waals surface area (Å²) in [5.74, 6) is 0.0211. The Kier molecular flexibility index (Phi) is 6.94. The summed E-state index contributed by atoms with van der Waals surface area (Å²) in [5.41, 5.74) is 0. The van der Waals surface area contributed by atoms with Gasteiger partial charge in [0.15, 0.2) is 0 Å². The fourth-order valence-corrected chi connectivity index (χ4v) is 2.45. The van der Waals surface area contributed by atoms with Crippen LogP contribution >= 0.6 is 0 Å². The van der Waals surface area contributed by atoms with E-state index in [4.69, 9.17) is 0 Å². The molecule has 0 heterocycles. The zero-order valence-corrected chi connectivity index (χ0v) is 11.2. The molecule has 0 aliphatic heterocycles. The third kappa shape index (κ3) is 5.87. The standard InChI is InChI=1S/C14H26N2O/c1-3-8-14(17)15-11-7-12-16(2)13-9-5-4-6-10-13/h3,8,13H,4-7,9-12H2,1-2H3,(H,15,17). The van der Waals surface area contributed by atoms with Gasteiger partial charge in [-0.2, -0.15) is 0 Å². The largest absolute Gasteiger partial charge is 0.353 e. The minimum Gasteiger partial charge on any atom is -0.353 e. The molecule has 3 nitrogen and oxygen atoms in total. The molecular formula is C14H26N2O. The van der Waals surface area contributed by atoms with Crippen LogP contribution in [-0.4, -0.2) is 37.0 Å². The fraction of sp³-hybridized carbons (Fsp3) is 0.786. The first-order valence-electron chi connectivity index (χ1n) is 6.85. The number of hydrogen-bond acceptors (Lipinski definition) is 2. The van der Waals surface area contributed by atoms with Crippen molar-refractivity contribution in [3.05, 3.63) is 12.2 Å². The fourth-order valence-electron chi connectivity index (χ4n) is 2.45. The van der Waals surface area contributed by atoms with Crippen LogP contribution in [0.4, 0.5) is 0 Å². The molecule has 1 aliphatic rings. The smallest absolute Gasteiger partial charge is 0.243 e. The highest BCUT2D eigenvalue weighted by atomic mass is 16.1. The first-order chi connectivity index (χ1) is 8.24.